The molecule has 0 bridgehead atoms. The lowest BCUT2D eigenvalue weighted by Gasteiger charge is -2.27. The Kier molecular flexibility index (Phi) is 9.71. The normalized spacial score (nSPS) is 14.2. The molecule has 0 aliphatic rings. The molecule has 0 saturated heterocycles. The van der Waals surface area contributed by atoms with Crippen molar-refractivity contribution in [2.45, 2.75) is 64.5 Å². The van der Waals surface area contributed by atoms with Crippen LogP contribution < -0.4 is 5.32 Å². The molecule has 1 aromatic rings. The zero-order valence-corrected chi connectivity index (χ0v) is 16.1. The third-order valence-corrected chi connectivity index (χ3v) is 4.68. The van der Waals surface area contributed by atoms with Crippen molar-refractivity contribution < 1.29 is 18.9 Å². The van der Waals surface area contributed by atoms with Crippen LogP contribution in [0.15, 0.2) is 30.3 Å². The minimum Gasteiger partial charge on any atom is -0.370 e. The van der Waals surface area contributed by atoms with E-state index in [2.05, 4.69) is 12.2 Å². The summed E-state index contributed by atoms with van der Waals surface area (Å²) >= 11 is 5.41. The number of rotatable bonds is 11. The van der Waals surface area contributed by atoms with E-state index in [4.69, 9.17) is 26.5 Å². The van der Waals surface area contributed by atoms with Crippen molar-refractivity contribution in [2.24, 2.45) is 0 Å². The smallest absolute Gasteiger partial charge is 0.370 e. The standard InChI is InChI=1S/C17H28NO4PS/c1-3-4-5-6-10-13-16(24)18-17(14(2)22-23(19,20)21)15-11-8-7-9-12-15/h7-9,11-12,14,17H,3-6,10,13H2,1-2H3,(H,18,24)(H2,19,20,21). The maximum atomic E-state index is 11.1. The van der Waals surface area contributed by atoms with Crippen molar-refractivity contribution in [3.05, 3.63) is 35.9 Å². The van der Waals surface area contributed by atoms with Gasteiger partial charge in [0.05, 0.1) is 17.1 Å². The molecule has 0 spiro atoms. The maximum absolute atomic E-state index is 11.1. The number of phosphoric ester groups is 1. The lowest BCUT2D eigenvalue weighted by atomic mass is 10.0. The molecule has 3 N–H and O–H groups in total. The van der Waals surface area contributed by atoms with Gasteiger partial charge >= 0.3 is 7.82 Å². The Hall–Kier alpha value is -0.780. The van der Waals surface area contributed by atoms with Crippen LogP contribution in [0.3, 0.4) is 0 Å². The molecule has 2 unspecified atom stereocenters. The summed E-state index contributed by atoms with van der Waals surface area (Å²) in [4.78, 5) is 18.8. The summed E-state index contributed by atoms with van der Waals surface area (Å²) in [7, 11) is -4.56. The van der Waals surface area contributed by atoms with E-state index in [1.54, 1.807) is 6.92 Å². The zero-order chi connectivity index (χ0) is 18.0. The molecule has 0 aliphatic heterocycles. The molecule has 24 heavy (non-hydrogen) atoms. The number of thiocarbonyl (C=S) groups is 1. The number of hydrogen-bond donors (Lipinski definition) is 3. The van der Waals surface area contributed by atoms with Crippen LogP contribution >= 0.6 is 20.0 Å². The van der Waals surface area contributed by atoms with E-state index in [9.17, 15) is 4.57 Å². The SMILES string of the molecule is CCCCCCCC(=S)NC(c1ccccc1)C(C)OP(=O)(O)O. The first kappa shape index (κ1) is 21.3. The van der Waals surface area contributed by atoms with Crippen LogP contribution in [0.2, 0.25) is 0 Å². The molecule has 0 heterocycles. The van der Waals surface area contributed by atoms with Gasteiger partial charge in [0.15, 0.2) is 0 Å². The molecule has 0 aliphatic carbocycles. The molecular formula is C17H28NO4PS. The first-order valence-corrected chi connectivity index (χ1v) is 10.4. The fourth-order valence-electron chi connectivity index (χ4n) is 2.54. The molecule has 1 rings (SSSR count). The van der Waals surface area contributed by atoms with Crippen molar-refractivity contribution in [1.29, 1.82) is 0 Å². The van der Waals surface area contributed by atoms with E-state index in [0.717, 1.165) is 24.8 Å². The van der Waals surface area contributed by atoms with E-state index in [-0.39, 0.29) is 0 Å². The van der Waals surface area contributed by atoms with Crippen LogP contribution in [0.5, 0.6) is 0 Å². The lowest BCUT2D eigenvalue weighted by Crippen LogP contribution is -2.35. The molecule has 2 atom stereocenters. The Morgan fingerprint density at radius 2 is 1.83 bits per heavy atom. The number of phosphoric acid groups is 1. The summed E-state index contributed by atoms with van der Waals surface area (Å²) in [5, 5.41) is 3.21. The van der Waals surface area contributed by atoms with Crippen LogP contribution in [0, 0.1) is 0 Å². The maximum Gasteiger partial charge on any atom is 0.469 e. The van der Waals surface area contributed by atoms with E-state index in [0.29, 0.717) is 4.99 Å². The minimum atomic E-state index is -4.56. The van der Waals surface area contributed by atoms with Gasteiger partial charge in [-0.2, -0.15) is 0 Å². The zero-order valence-electron chi connectivity index (χ0n) is 14.4. The van der Waals surface area contributed by atoms with Gasteiger partial charge in [0, 0.05) is 0 Å². The second-order valence-corrected chi connectivity index (χ2v) is 7.61. The fraction of sp³-hybridized carbons (Fsp3) is 0.588. The monoisotopic (exact) mass is 373 g/mol. The van der Waals surface area contributed by atoms with Gasteiger partial charge in [-0.25, -0.2) is 4.57 Å². The molecule has 1 aromatic carbocycles. The largest absolute Gasteiger partial charge is 0.469 e. The molecule has 0 radical (unpaired) electrons. The summed E-state index contributed by atoms with van der Waals surface area (Å²) in [5.41, 5.74) is 0.881. The van der Waals surface area contributed by atoms with Crippen LogP contribution in [-0.4, -0.2) is 20.9 Å². The van der Waals surface area contributed by atoms with Gasteiger partial charge < -0.3 is 15.1 Å². The van der Waals surface area contributed by atoms with Crippen molar-refractivity contribution in [1.82, 2.24) is 5.32 Å². The van der Waals surface area contributed by atoms with Gasteiger partial charge in [-0.1, -0.05) is 75.2 Å². The van der Waals surface area contributed by atoms with Gasteiger partial charge in [0.25, 0.3) is 0 Å². The molecule has 5 nitrogen and oxygen atoms in total. The molecule has 136 valence electrons. The highest BCUT2D eigenvalue weighted by Crippen LogP contribution is 2.40. The van der Waals surface area contributed by atoms with Gasteiger partial charge in [-0.05, 0) is 25.3 Å². The predicted molar refractivity (Wildman–Crippen MR) is 101 cm³/mol. The second-order valence-electron chi connectivity index (χ2n) is 5.92. The van der Waals surface area contributed by atoms with Gasteiger partial charge in [-0.15, -0.1) is 0 Å². The number of benzene rings is 1. The summed E-state index contributed by atoms with van der Waals surface area (Å²) in [5.74, 6) is 0. The highest BCUT2D eigenvalue weighted by molar-refractivity contribution is 7.80. The first-order valence-electron chi connectivity index (χ1n) is 8.41. The van der Waals surface area contributed by atoms with Crippen LogP contribution in [0.4, 0.5) is 0 Å². The first-order chi connectivity index (χ1) is 11.3. The van der Waals surface area contributed by atoms with Gasteiger partial charge in [0.2, 0.25) is 0 Å². The van der Waals surface area contributed by atoms with E-state index in [1.807, 2.05) is 30.3 Å². The summed E-state index contributed by atoms with van der Waals surface area (Å²) in [6.45, 7) is 3.81. The van der Waals surface area contributed by atoms with Gasteiger partial charge in [0.1, 0.15) is 0 Å². The predicted octanol–water partition coefficient (Wildman–Crippen LogP) is 4.50. The topological polar surface area (TPSA) is 78.8 Å². The summed E-state index contributed by atoms with van der Waals surface area (Å²) < 4.78 is 16.0. The van der Waals surface area contributed by atoms with Crippen LogP contribution in [-0.2, 0) is 9.09 Å². The minimum absolute atomic E-state index is 0.401. The third-order valence-electron chi connectivity index (χ3n) is 3.76. The summed E-state index contributed by atoms with van der Waals surface area (Å²) in [6.07, 6.45) is 5.85. The molecule has 0 aromatic heterocycles. The Bertz CT molecular complexity index is 535. The third kappa shape index (κ3) is 8.90. The van der Waals surface area contributed by atoms with Crippen molar-refractivity contribution in [3.63, 3.8) is 0 Å². The average molecular weight is 373 g/mol. The van der Waals surface area contributed by atoms with Crippen molar-refractivity contribution in [2.75, 3.05) is 0 Å². The Labute approximate surface area is 150 Å². The second kappa shape index (κ2) is 11.0. The van der Waals surface area contributed by atoms with Crippen LogP contribution in [0.25, 0.3) is 0 Å². The molecule has 0 amide bonds. The number of nitrogens with one attached hydrogen (secondary N) is 1. The summed E-state index contributed by atoms with van der Waals surface area (Å²) in [6, 6.07) is 9.02. The molecule has 7 heteroatoms. The Morgan fingerprint density at radius 1 is 1.21 bits per heavy atom. The quantitative estimate of drug-likeness (QED) is 0.301. The van der Waals surface area contributed by atoms with Crippen molar-refractivity contribution >= 4 is 25.0 Å². The number of unbranched alkanes of at least 4 members (excludes halogenated alkanes) is 4. The Morgan fingerprint density at radius 3 is 2.42 bits per heavy atom. The molecular weight excluding hydrogens is 345 g/mol. The van der Waals surface area contributed by atoms with Crippen LogP contribution in [0.1, 0.15) is 64.0 Å². The van der Waals surface area contributed by atoms with Gasteiger partial charge in [-0.3, -0.25) is 4.52 Å². The molecule has 0 saturated carbocycles. The average Bonchev–Trinajstić information content (AvgIpc) is 2.51. The van der Waals surface area contributed by atoms with Crippen molar-refractivity contribution in [3.8, 4) is 0 Å². The highest BCUT2D eigenvalue weighted by atomic mass is 32.1. The number of hydrogen-bond acceptors (Lipinski definition) is 3. The van der Waals surface area contributed by atoms with E-state index in [1.165, 1.54) is 19.3 Å². The van der Waals surface area contributed by atoms with E-state index >= 15 is 0 Å². The van der Waals surface area contributed by atoms with E-state index < -0.39 is 20.0 Å². The highest BCUT2D eigenvalue weighted by Gasteiger charge is 2.27. The fourth-order valence-corrected chi connectivity index (χ4v) is 3.37. The lowest BCUT2D eigenvalue weighted by molar-refractivity contribution is 0.121. The molecule has 0 fully saturated rings. The Balaban J connectivity index is 2.65.